The van der Waals surface area contributed by atoms with Gasteiger partial charge < -0.3 is 4.74 Å². The highest BCUT2D eigenvalue weighted by Gasteiger charge is 2.15. The largest absolute Gasteiger partial charge is 0.496 e. The molecular weight excluding hydrogens is 350 g/mol. The van der Waals surface area contributed by atoms with E-state index in [-0.39, 0.29) is 0 Å². The third kappa shape index (κ3) is 2.64. The lowest BCUT2D eigenvalue weighted by Crippen LogP contribution is -1.99. The predicted octanol–water partition coefficient (Wildman–Crippen LogP) is 4.37. The molecule has 0 aliphatic heterocycles. The van der Waals surface area contributed by atoms with E-state index >= 15 is 0 Å². The average molecular weight is 362 g/mol. The summed E-state index contributed by atoms with van der Waals surface area (Å²) in [5.74, 6) is 1.45. The maximum atomic E-state index is 5.45. The Labute approximate surface area is 135 Å². The first-order chi connectivity index (χ1) is 10.2. The minimum atomic E-state index is 0.543. The predicted molar refractivity (Wildman–Crippen MR) is 88.4 cm³/mol. The van der Waals surface area contributed by atoms with Crippen molar-refractivity contribution in [2.75, 3.05) is 7.11 Å². The molecule has 0 saturated heterocycles. The van der Waals surface area contributed by atoms with Gasteiger partial charge in [-0.05, 0) is 42.5 Å². The van der Waals surface area contributed by atoms with Gasteiger partial charge in [0.15, 0.2) is 10.6 Å². The second-order valence-electron chi connectivity index (χ2n) is 4.37. The van der Waals surface area contributed by atoms with Crippen molar-refractivity contribution in [2.45, 2.75) is 0 Å². The number of hydrogen-bond donors (Lipinski definition) is 1. The molecule has 2 aromatic carbocycles. The molecule has 0 spiro atoms. The quantitative estimate of drug-likeness (QED) is 0.704. The van der Waals surface area contributed by atoms with Crippen molar-refractivity contribution in [2.24, 2.45) is 0 Å². The molecule has 0 fully saturated rings. The number of H-pyrrole nitrogens is 1. The number of para-hydroxylation sites is 1. The van der Waals surface area contributed by atoms with Crippen LogP contribution in [0.1, 0.15) is 0 Å². The van der Waals surface area contributed by atoms with Crippen molar-refractivity contribution in [1.82, 2.24) is 14.8 Å². The van der Waals surface area contributed by atoms with Gasteiger partial charge in [0.25, 0.3) is 0 Å². The van der Waals surface area contributed by atoms with E-state index in [4.69, 9.17) is 17.0 Å². The number of aromatic nitrogens is 3. The van der Waals surface area contributed by atoms with Gasteiger partial charge >= 0.3 is 0 Å². The molecule has 0 atom stereocenters. The SMILES string of the molecule is COc1cc(Br)ccc1-c1n[nH]c(=S)n1-c1ccccc1. The van der Waals surface area contributed by atoms with Crippen LogP contribution in [0.2, 0.25) is 0 Å². The van der Waals surface area contributed by atoms with Gasteiger partial charge in [0.2, 0.25) is 0 Å². The summed E-state index contributed by atoms with van der Waals surface area (Å²) in [7, 11) is 1.64. The van der Waals surface area contributed by atoms with Crippen LogP contribution in [-0.2, 0) is 0 Å². The molecule has 0 aliphatic carbocycles. The van der Waals surface area contributed by atoms with Gasteiger partial charge in [0, 0.05) is 10.2 Å². The lowest BCUT2D eigenvalue weighted by atomic mass is 10.2. The molecule has 3 aromatic rings. The van der Waals surface area contributed by atoms with Gasteiger partial charge in [-0.3, -0.25) is 9.67 Å². The molecule has 21 heavy (non-hydrogen) atoms. The maximum absolute atomic E-state index is 5.45. The number of ether oxygens (including phenoxy) is 1. The van der Waals surface area contributed by atoms with Crippen LogP contribution in [0.3, 0.4) is 0 Å². The van der Waals surface area contributed by atoms with Gasteiger partial charge in [0.1, 0.15) is 5.75 Å². The van der Waals surface area contributed by atoms with Crippen molar-refractivity contribution in [3.63, 3.8) is 0 Å². The maximum Gasteiger partial charge on any atom is 0.200 e. The number of hydrogen-bond acceptors (Lipinski definition) is 3. The monoisotopic (exact) mass is 361 g/mol. The van der Waals surface area contributed by atoms with E-state index in [1.165, 1.54) is 0 Å². The molecule has 4 nitrogen and oxygen atoms in total. The van der Waals surface area contributed by atoms with Gasteiger partial charge in [-0.2, -0.15) is 5.10 Å². The zero-order valence-electron chi connectivity index (χ0n) is 11.2. The minimum Gasteiger partial charge on any atom is -0.496 e. The van der Waals surface area contributed by atoms with Gasteiger partial charge in [-0.25, -0.2) is 0 Å². The number of benzene rings is 2. The number of methoxy groups -OCH3 is 1. The van der Waals surface area contributed by atoms with Crippen LogP contribution >= 0.6 is 28.1 Å². The van der Waals surface area contributed by atoms with Gasteiger partial charge in [-0.1, -0.05) is 34.1 Å². The topological polar surface area (TPSA) is 42.8 Å². The fraction of sp³-hybridized carbons (Fsp3) is 0.0667. The summed E-state index contributed by atoms with van der Waals surface area (Å²) in [5, 5.41) is 7.20. The molecule has 1 aromatic heterocycles. The molecule has 3 rings (SSSR count). The lowest BCUT2D eigenvalue weighted by Gasteiger charge is -2.10. The van der Waals surface area contributed by atoms with E-state index < -0.39 is 0 Å². The molecule has 0 amide bonds. The Morgan fingerprint density at radius 3 is 2.67 bits per heavy atom. The first-order valence-corrected chi connectivity index (χ1v) is 7.47. The van der Waals surface area contributed by atoms with Crippen molar-refractivity contribution in [3.8, 4) is 22.8 Å². The highest BCUT2D eigenvalue weighted by atomic mass is 79.9. The van der Waals surface area contributed by atoms with Crippen LogP contribution in [0.4, 0.5) is 0 Å². The molecule has 0 unspecified atom stereocenters. The molecule has 0 aliphatic rings. The Balaban J connectivity index is 2.24. The summed E-state index contributed by atoms with van der Waals surface area (Å²) in [6, 6.07) is 15.7. The summed E-state index contributed by atoms with van der Waals surface area (Å²) < 4.78 is 8.83. The van der Waals surface area contributed by atoms with Crippen molar-refractivity contribution in [1.29, 1.82) is 0 Å². The van der Waals surface area contributed by atoms with Crippen LogP contribution < -0.4 is 4.74 Å². The normalized spacial score (nSPS) is 10.6. The molecule has 0 radical (unpaired) electrons. The van der Waals surface area contributed by atoms with Crippen molar-refractivity contribution < 1.29 is 4.74 Å². The fourth-order valence-electron chi connectivity index (χ4n) is 2.14. The van der Waals surface area contributed by atoms with Crippen LogP contribution in [0, 0.1) is 4.77 Å². The van der Waals surface area contributed by atoms with Crippen molar-refractivity contribution >= 4 is 28.1 Å². The van der Waals surface area contributed by atoms with E-state index in [0.29, 0.717) is 4.77 Å². The average Bonchev–Trinajstić information content (AvgIpc) is 2.89. The fourth-order valence-corrected chi connectivity index (χ4v) is 2.72. The Bertz CT molecular complexity index is 826. The van der Waals surface area contributed by atoms with E-state index in [1.807, 2.05) is 53.1 Å². The molecule has 0 saturated carbocycles. The first-order valence-electron chi connectivity index (χ1n) is 6.27. The number of halogens is 1. The number of aromatic amines is 1. The summed E-state index contributed by atoms with van der Waals surface area (Å²) >= 11 is 8.80. The molecular formula is C15H12BrN3OS. The van der Waals surface area contributed by atoms with E-state index in [2.05, 4.69) is 26.1 Å². The number of rotatable bonds is 3. The van der Waals surface area contributed by atoms with E-state index in [1.54, 1.807) is 7.11 Å². The van der Waals surface area contributed by atoms with Gasteiger partial charge in [-0.15, -0.1) is 0 Å². The number of nitrogens with one attached hydrogen (secondary N) is 1. The first kappa shape index (κ1) is 14.0. The standard InChI is InChI=1S/C15H12BrN3OS/c1-20-13-9-10(16)7-8-12(13)14-17-18-15(21)19(14)11-5-3-2-4-6-11/h2-9H,1H3,(H,18,21). The molecule has 106 valence electrons. The van der Waals surface area contributed by atoms with Crippen LogP contribution in [0.25, 0.3) is 17.1 Å². The summed E-state index contributed by atoms with van der Waals surface area (Å²) in [6.45, 7) is 0. The summed E-state index contributed by atoms with van der Waals surface area (Å²) in [6.07, 6.45) is 0. The Morgan fingerprint density at radius 2 is 1.95 bits per heavy atom. The third-order valence-electron chi connectivity index (χ3n) is 3.09. The van der Waals surface area contributed by atoms with Crippen LogP contribution in [0.15, 0.2) is 53.0 Å². The molecule has 0 bridgehead atoms. The van der Waals surface area contributed by atoms with E-state index in [0.717, 1.165) is 27.3 Å². The zero-order valence-corrected chi connectivity index (χ0v) is 13.6. The second kappa shape index (κ2) is 5.83. The van der Waals surface area contributed by atoms with Crippen molar-refractivity contribution in [3.05, 3.63) is 57.8 Å². The summed E-state index contributed by atoms with van der Waals surface area (Å²) in [4.78, 5) is 0. The Kier molecular flexibility index (Phi) is 3.90. The highest BCUT2D eigenvalue weighted by Crippen LogP contribution is 2.32. The minimum absolute atomic E-state index is 0.543. The molecule has 1 heterocycles. The van der Waals surface area contributed by atoms with Gasteiger partial charge in [0.05, 0.1) is 12.7 Å². The smallest absolute Gasteiger partial charge is 0.200 e. The summed E-state index contributed by atoms with van der Waals surface area (Å²) in [5.41, 5.74) is 1.83. The van der Waals surface area contributed by atoms with E-state index in [9.17, 15) is 0 Å². The third-order valence-corrected chi connectivity index (χ3v) is 3.86. The lowest BCUT2D eigenvalue weighted by molar-refractivity contribution is 0.416. The Morgan fingerprint density at radius 1 is 1.19 bits per heavy atom. The van der Waals surface area contributed by atoms with Crippen LogP contribution in [0.5, 0.6) is 5.75 Å². The number of nitrogens with zero attached hydrogens (tertiary/aromatic N) is 2. The molecule has 6 heteroatoms. The second-order valence-corrected chi connectivity index (χ2v) is 5.67. The Hall–Kier alpha value is -1.92. The van der Waals surface area contributed by atoms with Crippen LogP contribution in [-0.4, -0.2) is 21.9 Å². The molecule has 1 N–H and O–H groups in total. The zero-order chi connectivity index (χ0) is 14.8. The highest BCUT2D eigenvalue weighted by molar-refractivity contribution is 9.10.